The lowest BCUT2D eigenvalue weighted by Gasteiger charge is -2.29. The summed E-state index contributed by atoms with van der Waals surface area (Å²) in [6.45, 7) is 7.46. The van der Waals surface area contributed by atoms with Gasteiger partial charge in [0.05, 0.1) is 11.2 Å². The minimum atomic E-state index is -3.77. The number of hydrogen-bond donors (Lipinski definition) is 1. The van der Waals surface area contributed by atoms with Gasteiger partial charge >= 0.3 is 6.11 Å². The molecular formula is C17H20F2N2O2S. The molecule has 2 aromatic rings. The molecule has 0 aliphatic heterocycles. The predicted octanol–water partition coefficient (Wildman–Crippen LogP) is 4.84. The Labute approximate surface area is 143 Å². The lowest BCUT2D eigenvalue weighted by Crippen LogP contribution is -2.47. The maximum Gasteiger partial charge on any atom is 0.426 e. The molecule has 7 heteroatoms. The van der Waals surface area contributed by atoms with Crippen molar-refractivity contribution in [1.82, 2.24) is 4.98 Å². The fourth-order valence-corrected chi connectivity index (χ4v) is 2.77. The van der Waals surface area contributed by atoms with E-state index in [-0.39, 0.29) is 11.4 Å². The monoisotopic (exact) mass is 354 g/mol. The summed E-state index contributed by atoms with van der Waals surface area (Å²) in [5, 5.41) is 11.5. The standard InChI is InChI=1S/C17H20F2N2O2S/c1-5-6-12-11(13-9-24-10-21-13)7-8-14(15(12)20-4)23-17(18,19)16(2,3)22/h7-10,22H,4-6H2,1-3H3. The summed E-state index contributed by atoms with van der Waals surface area (Å²) in [6, 6.07) is 3.10. The molecule has 1 N–H and O–H groups in total. The maximum absolute atomic E-state index is 14.1. The lowest BCUT2D eigenvalue weighted by atomic mass is 9.98. The summed E-state index contributed by atoms with van der Waals surface area (Å²) in [7, 11) is 0. The van der Waals surface area contributed by atoms with Crippen LogP contribution in [0.15, 0.2) is 28.0 Å². The van der Waals surface area contributed by atoms with E-state index in [4.69, 9.17) is 4.74 Å². The number of aromatic nitrogens is 1. The van der Waals surface area contributed by atoms with E-state index < -0.39 is 11.7 Å². The third-order valence-electron chi connectivity index (χ3n) is 3.56. The van der Waals surface area contributed by atoms with Crippen LogP contribution in [0.25, 0.3) is 11.3 Å². The molecule has 0 bridgehead atoms. The molecule has 4 nitrogen and oxygen atoms in total. The second kappa shape index (κ2) is 6.94. The Bertz CT molecular complexity index is 710. The van der Waals surface area contributed by atoms with Crippen molar-refractivity contribution in [2.24, 2.45) is 4.99 Å². The average molecular weight is 354 g/mol. The minimum absolute atomic E-state index is 0.112. The van der Waals surface area contributed by atoms with E-state index in [9.17, 15) is 13.9 Å². The first kappa shape index (κ1) is 18.5. The summed E-state index contributed by atoms with van der Waals surface area (Å²) in [5.41, 5.74) is 1.96. The first-order valence-electron chi connectivity index (χ1n) is 7.51. The number of thiazole rings is 1. The first-order valence-corrected chi connectivity index (χ1v) is 8.46. The lowest BCUT2D eigenvalue weighted by molar-refractivity contribution is -0.276. The van der Waals surface area contributed by atoms with Crippen LogP contribution in [0.4, 0.5) is 14.5 Å². The van der Waals surface area contributed by atoms with Crippen LogP contribution in [-0.2, 0) is 6.42 Å². The van der Waals surface area contributed by atoms with Gasteiger partial charge in [0.2, 0.25) is 0 Å². The summed E-state index contributed by atoms with van der Waals surface area (Å²) in [4.78, 5) is 8.19. The normalized spacial score (nSPS) is 12.2. The highest BCUT2D eigenvalue weighted by Crippen LogP contribution is 2.42. The predicted molar refractivity (Wildman–Crippen MR) is 92.6 cm³/mol. The highest BCUT2D eigenvalue weighted by Gasteiger charge is 2.49. The highest BCUT2D eigenvalue weighted by molar-refractivity contribution is 7.07. The topological polar surface area (TPSA) is 54.7 Å². The van der Waals surface area contributed by atoms with Crippen LogP contribution in [0.5, 0.6) is 5.75 Å². The van der Waals surface area contributed by atoms with Crippen LogP contribution in [0.2, 0.25) is 0 Å². The Morgan fingerprint density at radius 3 is 2.58 bits per heavy atom. The van der Waals surface area contributed by atoms with Crippen molar-refractivity contribution in [2.45, 2.75) is 45.3 Å². The van der Waals surface area contributed by atoms with E-state index in [0.717, 1.165) is 37.1 Å². The third kappa shape index (κ3) is 3.62. The Kier molecular flexibility index (Phi) is 5.35. The van der Waals surface area contributed by atoms with Crippen LogP contribution >= 0.6 is 11.3 Å². The summed E-state index contributed by atoms with van der Waals surface area (Å²) in [5.74, 6) is -0.112. The van der Waals surface area contributed by atoms with Gasteiger partial charge in [-0.3, -0.25) is 4.99 Å². The summed E-state index contributed by atoms with van der Waals surface area (Å²) < 4.78 is 33.0. The molecule has 0 amide bonds. The van der Waals surface area contributed by atoms with Crippen molar-refractivity contribution in [3.63, 3.8) is 0 Å². The van der Waals surface area contributed by atoms with Gasteiger partial charge in [0.25, 0.3) is 0 Å². The molecular weight excluding hydrogens is 334 g/mol. The molecule has 0 saturated heterocycles. The zero-order valence-electron chi connectivity index (χ0n) is 13.8. The Hall–Kier alpha value is -1.86. The SMILES string of the molecule is C=Nc1c(OC(F)(F)C(C)(C)O)ccc(-c2cscn2)c1CCC. The van der Waals surface area contributed by atoms with Gasteiger partial charge in [-0.25, -0.2) is 4.98 Å². The smallest absolute Gasteiger partial charge is 0.426 e. The van der Waals surface area contributed by atoms with E-state index in [1.807, 2.05) is 12.3 Å². The highest BCUT2D eigenvalue weighted by atomic mass is 32.1. The number of ether oxygens (including phenoxy) is 1. The number of hydrogen-bond acceptors (Lipinski definition) is 5. The molecule has 1 aromatic heterocycles. The molecule has 24 heavy (non-hydrogen) atoms. The molecule has 130 valence electrons. The molecule has 0 atom stereocenters. The molecule has 0 aliphatic rings. The van der Waals surface area contributed by atoms with Crippen molar-refractivity contribution < 1.29 is 18.6 Å². The molecule has 0 aliphatic carbocycles. The number of alkyl halides is 2. The van der Waals surface area contributed by atoms with Gasteiger partial charge in [-0.2, -0.15) is 8.78 Å². The van der Waals surface area contributed by atoms with E-state index in [2.05, 4.69) is 16.7 Å². The average Bonchev–Trinajstić information content (AvgIpc) is 3.00. The van der Waals surface area contributed by atoms with Gasteiger partial charge in [0.15, 0.2) is 11.4 Å². The number of aliphatic hydroxyl groups is 1. The summed E-state index contributed by atoms with van der Waals surface area (Å²) >= 11 is 1.45. The van der Waals surface area contributed by atoms with Gasteiger partial charge < -0.3 is 9.84 Å². The zero-order chi connectivity index (χ0) is 18.0. The Morgan fingerprint density at radius 1 is 1.38 bits per heavy atom. The largest absolute Gasteiger partial charge is 0.428 e. The van der Waals surface area contributed by atoms with Crippen LogP contribution in [0.3, 0.4) is 0 Å². The number of benzene rings is 1. The fourth-order valence-electron chi connectivity index (χ4n) is 2.22. The zero-order valence-corrected chi connectivity index (χ0v) is 14.7. The van der Waals surface area contributed by atoms with Crippen molar-refractivity contribution >= 4 is 23.7 Å². The first-order chi connectivity index (χ1) is 11.2. The Morgan fingerprint density at radius 2 is 2.08 bits per heavy atom. The summed E-state index contributed by atoms with van der Waals surface area (Å²) in [6.07, 6.45) is -2.35. The van der Waals surface area contributed by atoms with Crippen LogP contribution < -0.4 is 4.74 Å². The maximum atomic E-state index is 14.1. The van der Waals surface area contributed by atoms with Crippen molar-refractivity contribution in [3.8, 4) is 17.0 Å². The van der Waals surface area contributed by atoms with Crippen LogP contribution in [-0.4, -0.2) is 28.5 Å². The van der Waals surface area contributed by atoms with Crippen molar-refractivity contribution in [2.75, 3.05) is 0 Å². The van der Waals surface area contributed by atoms with Gasteiger partial charge in [-0.15, -0.1) is 11.3 Å². The molecule has 2 rings (SSSR count). The van der Waals surface area contributed by atoms with E-state index in [0.29, 0.717) is 6.42 Å². The number of nitrogens with zero attached hydrogens (tertiary/aromatic N) is 2. The molecule has 1 aromatic carbocycles. The van der Waals surface area contributed by atoms with E-state index in [1.54, 1.807) is 11.6 Å². The molecule has 0 saturated carbocycles. The van der Waals surface area contributed by atoms with E-state index in [1.165, 1.54) is 17.4 Å². The minimum Gasteiger partial charge on any atom is -0.428 e. The van der Waals surface area contributed by atoms with Crippen LogP contribution in [0, 0.1) is 0 Å². The fraction of sp³-hybridized carbons (Fsp3) is 0.412. The quantitative estimate of drug-likeness (QED) is 0.724. The van der Waals surface area contributed by atoms with Crippen LogP contribution in [0.1, 0.15) is 32.8 Å². The Balaban J connectivity index is 2.55. The molecule has 0 spiro atoms. The molecule has 0 radical (unpaired) electrons. The molecule has 0 fully saturated rings. The molecule has 0 unspecified atom stereocenters. The molecule has 1 heterocycles. The van der Waals surface area contributed by atoms with Gasteiger partial charge in [0.1, 0.15) is 5.69 Å². The third-order valence-corrected chi connectivity index (χ3v) is 4.15. The van der Waals surface area contributed by atoms with Gasteiger partial charge in [-0.1, -0.05) is 13.3 Å². The van der Waals surface area contributed by atoms with E-state index >= 15 is 0 Å². The number of aliphatic imine (C=N–C) groups is 1. The van der Waals surface area contributed by atoms with Gasteiger partial charge in [0, 0.05) is 10.9 Å². The number of halogens is 2. The van der Waals surface area contributed by atoms with Crippen molar-refractivity contribution in [3.05, 3.63) is 28.6 Å². The second-order valence-corrected chi connectivity index (χ2v) is 6.62. The number of rotatable bonds is 7. The van der Waals surface area contributed by atoms with Crippen molar-refractivity contribution in [1.29, 1.82) is 0 Å². The van der Waals surface area contributed by atoms with Gasteiger partial charge in [-0.05, 0) is 44.7 Å². The second-order valence-electron chi connectivity index (χ2n) is 5.90.